The molecule has 1 aromatic heterocycles. The lowest BCUT2D eigenvalue weighted by Crippen LogP contribution is -2.28. The van der Waals surface area contributed by atoms with Crippen molar-refractivity contribution in [3.05, 3.63) is 17.5 Å². The molecular weight excluding hydrogens is 308 g/mol. The number of carbonyl (C=O) groups is 1. The van der Waals surface area contributed by atoms with Gasteiger partial charge in [0.1, 0.15) is 0 Å². The summed E-state index contributed by atoms with van der Waals surface area (Å²) in [6, 6.07) is 1.93. The number of aromatic nitrogens is 2. The lowest BCUT2D eigenvalue weighted by molar-refractivity contribution is -0.118. The second-order valence-corrected chi connectivity index (χ2v) is 6.16. The Bertz CT molecular complexity index is 446. The second-order valence-electron chi connectivity index (χ2n) is 5.22. The Kier molecular flexibility index (Phi) is 8.00. The molecule has 1 saturated heterocycles. The predicted octanol–water partition coefficient (Wildman–Crippen LogP) is 1.72. The molecule has 1 unspecified atom stereocenters. The minimum Gasteiger partial charge on any atom is -0.355 e. The standard InChI is InChI=1S/C14H22N4OS.ClH/c1-10-7-11(2)18-14(17-10)20-9-13(19)16-6-4-12-3-5-15-8-12;/h7,12,15H,3-6,8-9H2,1-2H3,(H,16,19);1H. The predicted molar refractivity (Wildman–Crippen MR) is 88.1 cm³/mol. The summed E-state index contributed by atoms with van der Waals surface area (Å²) in [5, 5.41) is 6.98. The summed E-state index contributed by atoms with van der Waals surface area (Å²) in [4.78, 5) is 20.4. The summed E-state index contributed by atoms with van der Waals surface area (Å²) in [6.45, 7) is 6.84. The average molecular weight is 331 g/mol. The Hall–Kier alpha value is -0.850. The Balaban J connectivity index is 0.00000220. The van der Waals surface area contributed by atoms with E-state index in [-0.39, 0.29) is 18.3 Å². The highest BCUT2D eigenvalue weighted by Crippen LogP contribution is 2.14. The molecule has 1 aliphatic heterocycles. The SMILES string of the molecule is Cc1cc(C)nc(SCC(=O)NCCC2CCNC2)n1.Cl. The maximum Gasteiger partial charge on any atom is 0.230 e. The maximum atomic E-state index is 11.8. The fourth-order valence-corrected chi connectivity index (χ4v) is 3.10. The van der Waals surface area contributed by atoms with Gasteiger partial charge in [-0.2, -0.15) is 0 Å². The van der Waals surface area contributed by atoms with Gasteiger partial charge in [0.05, 0.1) is 5.75 Å². The molecule has 1 amide bonds. The van der Waals surface area contributed by atoms with Crippen molar-refractivity contribution in [3.8, 4) is 0 Å². The Morgan fingerprint density at radius 3 is 2.76 bits per heavy atom. The third-order valence-electron chi connectivity index (χ3n) is 3.33. The number of hydrogen-bond donors (Lipinski definition) is 2. The van der Waals surface area contributed by atoms with Crippen LogP contribution < -0.4 is 10.6 Å². The molecule has 1 aromatic rings. The molecule has 0 aliphatic carbocycles. The van der Waals surface area contributed by atoms with E-state index in [1.165, 1.54) is 18.2 Å². The summed E-state index contributed by atoms with van der Waals surface area (Å²) in [5.74, 6) is 1.15. The number of aryl methyl sites for hydroxylation is 2. The van der Waals surface area contributed by atoms with Gasteiger partial charge >= 0.3 is 0 Å². The van der Waals surface area contributed by atoms with Crippen LogP contribution in [0.15, 0.2) is 11.2 Å². The van der Waals surface area contributed by atoms with Gasteiger partial charge in [0.25, 0.3) is 0 Å². The molecule has 1 atom stereocenters. The number of hydrogen-bond acceptors (Lipinski definition) is 5. The molecule has 1 fully saturated rings. The van der Waals surface area contributed by atoms with E-state index in [0.29, 0.717) is 16.8 Å². The van der Waals surface area contributed by atoms with Crippen LogP contribution in [0.3, 0.4) is 0 Å². The van der Waals surface area contributed by atoms with Crippen molar-refractivity contribution < 1.29 is 4.79 Å². The van der Waals surface area contributed by atoms with Gasteiger partial charge in [0.15, 0.2) is 5.16 Å². The van der Waals surface area contributed by atoms with Gasteiger partial charge in [-0.05, 0) is 51.8 Å². The lowest BCUT2D eigenvalue weighted by atomic mass is 10.1. The van der Waals surface area contributed by atoms with Crippen LogP contribution in [-0.4, -0.2) is 41.3 Å². The number of rotatable bonds is 6. The molecule has 2 rings (SSSR count). The zero-order valence-electron chi connectivity index (χ0n) is 12.5. The quantitative estimate of drug-likeness (QED) is 0.614. The highest BCUT2D eigenvalue weighted by atomic mass is 35.5. The summed E-state index contributed by atoms with van der Waals surface area (Å²) in [7, 11) is 0. The van der Waals surface area contributed by atoms with E-state index in [4.69, 9.17) is 0 Å². The molecule has 7 heteroatoms. The second kappa shape index (κ2) is 9.23. The van der Waals surface area contributed by atoms with Crippen molar-refractivity contribution in [1.29, 1.82) is 0 Å². The molecule has 0 saturated carbocycles. The number of thioether (sulfide) groups is 1. The summed E-state index contributed by atoms with van der Waals surface area (Å²) >= 11 is 1.39. The number of nitrogens with one attached hydrogen (secondary N) is 2. The van der Waals surface area contributed by atoms with Gasteiger partial charge < -0.3 is 10.6 Å². The smallest absolute Gasteiger partial charge is 0.230 e. The van der Waals surface area contributed by atoms with E-state index < -0.39 is 0 Å². The number of nitrogens with zero attached hydrogens (tertiary/aromatic N) is 2. The third-order valence-corrected chi connectivity index (χ3v) is 4.18. The van der Waals surface area contributed by atoms with Gasteiger partial charge in [-0.25, -0.2) is 9.97 Å². The first-order valence-corrected chi connectivity index (χ1v) is 8.04. The van der Waals surface area contributed by atoms with Crippen LogP contribution in [0.5, 0.6) is 0 Å². The van der Waals surface area contributed by atoms with Crippen LogP contribution in [0.1, 0.15) is 24.2 Å². The lowest BCUT2D eigenvalue weighted by Gasteiger charge is -2.09. The Labute approximate surface area is 136 Å². The van der Waals surface area contributed by atoms with Crippen molar-refractivity contribution >= 4 is 30.1 Å². The Morgan fingerprint density at radius 1 is 1.43 bits per heavy atom. The van der Waals surface area contributed by atoms with E-state index in [1.54, 1.807) is 0 Å². The highest BCUT2D eigenvalue weighted by molar-refractivity contribution is 7.99. The first kappa shape index (κ1) is 18.2. The third kappa shape index (κ3) is 6.63. The number of halogens is 1. The van der Waals surface area contributed by atoms with Crippen LogP contribution in [0.2, 0.25) is 0 Å². The van der Waals surface area contributed by atoms with Crippen molar-refractivity contribution in [2.45, 2.75) is 31.8 Å². The molecule has 2 heterocycles. The molecule has 5 nitrogen and oxygen atoms in total. The monoisotopic (exact) mass is 330 g/mol. The van der Waals surface area contributed by atoms with E-state index in [2.05, 4.69) is 20.6 Å². The molecule has 21 heavy (non-hydrogen) atoms. The minimum atomic E-state index is 0. The van der Waals surface area contributed by atoms with E-state index in [0.717, 1.165) is 37.4 Å². The summed E-state index contributed by atoms with van der Waals surface area (Å²) in [5.41, 5.74) is 1.88. The van der Waals surface area contributed by atoms with Crippen molar-refractivity contribution in [3.63, 3.8) is 0 Å². The normalized spacial score (nSPS) is 17.3. The highest BCUT2D eigenvalue weighted by Gasteiger charge is 2.14. The van der Waals surface area contributed by atoms with E-state index >= 15 is 0 Å². The fraction of sp³-hybridized carbons (Fsp3) is 0.643. The van der Waals surface area contributed by atoms with E-state index in [1.807, 2.05) is 19.9 Å². The van der Waals surface area contributed by atoms with Crippen molar-refractivity contribution in [2.75, 3.05) is 25.4 Å². The zero-order chi connectivity index (χ0) is 14.4. The molecule has 1 aliphatic rings. The number of amides is 1. The average Bonchev–Trinajstić information content (AvgIpc) is 2.88. The van der Waals surface area contributed by atoms with Gasteiger partial charge in [-0.15, -0.1) is 12.4 Å². The topological polar surface area (TPSA) is 66.9 Å². The molecule has 2 N–H and O–H groups in total. The molecule has 0 radical (unpaired) electrons. The van der Waals surface area contributed by atoms with Crippen LogP contribution in [0, 0.1) is 19.8 Å². The molecular formula is C14H23ClN4OS. The fourth-order valence-electron chi connectivity index (χ4n) is 2.32. The molecule has 0 aromatic carbocycles. The number of carbonyl (C=O) groups excluding carboxylic acids is 1. The summed E-state index contributed by atoms with van der Waals surface area (Å²) in [6.07, 6.45) is 2.28. The van der Waals surface area contributed by atoms with Gasteiger partial charge in [0.2, 0.25) is 5.91 Å². The van der Waals surface area contributed by atoms with Gasteiger partial charge in [-0.1, -0.05) is 11.8 Å². The largest absolute Gasteiger partial charge is 0.355 e. The first-order valence-electron chi connectivity index (χ1n) is 7.06. The molecule has 0 bridgehead atoms. The summed E-state index contributed by atoms with van der Waals surface area (Å²) < 4.78 is 0. The van der Waals surface area contributed by atoms with Crippen molar-refractivity contribution in [2.24, 2.45) is 5.92 Å². The zero-order valence-corrected chi connectivity index (χ0v) is 14.1. The first-order chi connectivity index (χ1) is 9.63. The van der Waals surface area contributed by atoms with Crippen LogP contribution in [0.25, 0.3) is 0 Å². The van der Waals surface area contributed by atoms with E-state index in [9.17, 15) is 4.79 Å². The van der Waals surface area contributed by atoms with Gasteiger partial charge in [0, 0.05) is 17.9 Å². The Morgan fingerprint density at radius 2 is 2.14 bits per heavy atom. The molecule has 0 spiro atoms. The maximum absolute atomic E-state index is 11.8. The van der Waals surface area contributed by atoms with Crippen LogP contribution in [0.4, 0.5) is 0 Å². The van der Waals surface area contributed by atoms with Gasteiger partial charge in [-0.3, -0.25) is 4.79 Å². The van der Waals surface area contributed by atoms with Crippen LogP contribution in [-0.2, 0) is 4.79 Å². The molecule has 118 valence electrons. The minimum absolute atomic E-state index is 0. The van der Waals surface area contributed by atoms with Crippen LogP contribution >= 0.6 is 24.2 Å². The van der Waals surface area contributed by atoms with Crippen molar-refractivity contribution in [1.82, 2.24) is 20.6 Å².